The van der Waals surface area contributed by atoms with Crippen LogP contribution in [0, 0.1) is 0 Å². The molecule has 0 radical (unpaired) electrons. The third kappa shape index (κ3) is 4.00. The van der Waals surface area contributed by atoms with Gasteiger partial charge < -0.3 is 9.47 Å². The second-order valence-electron chi connectivity index (χ2n) is 5.38. The molecule has 2 aromatic rings. The molecule has 1 aliphatic rings. The number of hydrogen-bond donors (Lipinski definition) is 0. The third-order valence-corrected chi connectivity index (χ3v) is 3.74. The first-order valence-corrected chi connectivity index (χ1v) is 7.55. The number of benzene rings is 2. The second kappa shape index (κ2) is 6.36. The molecule has 3 rings (SSSR count). The Kier molecular flexibility index (Phi) is 4.41. The van der Waals surface area contributed by atoms with Crippen LogP contribution in [0.4, 0.5) is 13.2 Å². The van der Waals surface area contributed by atoms with E-state index in [1.807, 2.05) is 0 Å². The number of hydrogen-bond acceptors (Lipinski definition) is 3. The second-order valence-corrected chi connectivity index (χ2v) is 5.79. The minimum atomic E-state index is -4.88. The first-order chi connectivity index (χ1) is 11.4. The highest BCUT2D eigenvalue weighted by molar-refractivity contribution is 6.32. The van der Waals surface area contributed by atoms with Gasteiger partial charge in [-0.2, -0.15) is 0 Å². The van der Waals surface area contributed by atoms with E-state index in [1.54, 1.807) is 18.2 Å². The number of halogens is 4. The summed E-state index contributed by atoms with van der Waals surface area (Å²) in [6.45, 7) is 0. The van der Waals surface area contributed by atoms with Crippen molar-refractivity contribution in [3.05, 3.63) is 47.0 Å². The third-order valence-electron chi connectivity index (χ3n) is 3.45. The van der Waals surface area contributed by atoms with Crippen molar-refractivity contribution in [3.8, 4) is 22.6 Å². The van der Waals surface area contributed by atoms with Crippen LogP contribution in [0.25, 0.3) is 11.1 Å². The number of aldehydes is 1. The SMILES string of the molecule is O=Cc1ccc(-c2ccc(OC3CC3)c(Cl)c2)cc1OC(F)(F)F. The van der Waals surface area contributed by atoms with Gasteiger partial charge in [-0.3, -0.25) is 4.79 Å². The number of ether oxygens (including phenoxy) is 2. The van der Waals surface area contributed by atoms with Gasteiger partial charge in [0.2, 0.25) is 0 Å². The normalized spacial score (nSPS) is 14.3. The summed E-state index contributed by atoms with van der Waals surface area (Å²) >= 11 is 6.16. The lowest BCUT2D eigenvalue weighted by Gasteiger charge is -2.13. The van der Waals surface area contributed by atoms with E-state index >= 15 is 0 Å². The maximum Gasteiger partial charge on any atom is 0.573 e. The zero-order valence-electron chi connectivity index (χ0n) is 12.3. The summed E-state index contributed by atoms with van der Waals surface area (Å²) in [5.41, 5.74) is 0.850. The topological polar surface area (TPSA) is 35.5 Å². The highest BCUT2D eigenvalue weighted by Crippen LogP contribution is 2.36. The standard InChI is InChI=1S/C17H12ClF3O3/c18-14-7-10(3-6-15(14)23-13-4-5-13)11-1-2-12(9-22)16(8-11)24-17(19,20)21/h1-3,6-9,13H,4-5H2. The van der Waals surface area contributed by atoms with Gasteiger partial charge in [0.15, 0.2) is 6.29 Å². The molecule has 1 aliphatic carbocycles. The van der Waals surface area contributed by atoms with Crippen LogP contribution < -0.4 is 9.47 Å². The summed E-state index contributed by atoms with van der Waals surface area (Å²) < 4.78 is 46.9. The number of alkyl halides is 3. The van der Waals surface area contributed by atoms with Crippen LogP contribution in [0.15, 0.2) is 36.4 Å². The van der Waals surface area contributed by atoms with Crippen molar-refractivity contribution in [2.24, 2.45) is 0 Å². The van der Waals surface area contributed by atoms with Crippen molar-refractivity contribution < 1.29 is 27.4 Å². The largest absolute Gasteiger partial charge is 0.573 e. The van der Waals surface area contributed by atoms with Crippen LogP contribution in [-0.2, 0) is 0 Å². The Bertz CT molecular complexity index is 770. The Morgan fingerprint density at radius 1 is 1.04 bits per heavy atom. The minimum Gasteiger partial charge on any atom is -0.489 e. The van der Waals surface area contributed by atoms with E-state index in [0.29, 0.717) is 28.2 Å². The van der Waals surface area contributed by atoms with Gasteiger partial charge in [-0.1, -0.05) is 23.7 Å². The van der Waals surface area contributed by atoms with Gasteiger partial charge in [-0.15, -0.1) is 13.2 Å². The van der Waals surface area contributed by atoms with Gasteiger partial charge in [-0.25, -0.2) is 0 Å². The van der Waals surface area contributed by atoms with Crippen LogP contribution in [0.3, 0.4) is 0 Å². The van der Waals surface area contributed by atoms with Crippen LogP contribution in [-0.4, -0.2) is 18.8 Å². The molecule has 0 saturated heterocycles. The van der Waals surface area contributed by atoms with E-state index in [0.717, 1.165) is 18.9 Å². The summed E-state index contributed by atoms with van der Waals surface area (Å²) in [6.07, 6.45) is -2.40. The maximum absolute atomic E-state index is 12.5. The van der Waals surface area contributed by atoms with E-state index in [4.69, 9.17) is 16.3 Å². The molecule has 0 unspecified atom stereocenters. The van der Waals surface area contributed by atoms with Crippen molar-refractivity contribution in [1.29, 1.82) is 0 Å². The van der Waals surface area contributed by atoms with Crippen LogP contribution in [0.2, 0.25) is 5.02 Å². The summed E-state index contributed by atoms with van der Waals surface area (Å²) in [4.78, 5) is 10.9. The van der Waals surface area contributed by atoms with Gasteiger partial charge in [0, 0.05) is 0 Å². The zero-order valence-corrected chi connectivity index (χ0v) is 13.0. The molecular formula is C17H12ClF3O3. The number of carbonyl (C=O) groups excluding carboxylic acids is 1. The fraction of sp³-hybridized carbons (Fsp3) is 0.235. The predicted molar refractivity (Wildman–Crippen MR) is 82.6 cm³/mol. The lowest BCUT2D eigenvalue weighted by atomic mass is 10.0. The molecule has 3 nitrogen and oxygen atoms in total. The first kappa shape index (κ1) is 16.6. The van der Waals surface area contributed by atoms with Crippen LogP contribution >= 0.6 is 11.6 Å². The van der Waals surface area contributed by atoms with Gasteiger partial charge in [0.1, 0.15) is 11.5 Å². The Hall–Kier alpha value is -2.21. The van der Waals surface area contributed by atoms with Crippen molar-refractivity contribution >= 4 is 17.9 Å². The molecule has 1 saturated carbocycles. The van der Waals surface area contributed by atoms with Crippen molar-refractivity contribution in [2.45, 2.75) is 25.3 Å². The molecule has 2 aromatic carbocycles. The molecule has 0 amide bonds. The van der Waals surface area contributed by atoms with Gasteiger partial charge in [0.25, 0.3) is 0 Å². The molecule has 126 valence electrons. The average molecular weight is 357 g/mol. The average Bonchev–Trinajstić information content (AvgIpc) is 3.32. The fourth-order valence-corrected chi connectivity index (χ4v) is 2.39. The predicted octanol–water partition coefficient (Wildman–Crippen LogP) is 5.26. The van der Waals surface area contributed by atoms with E-state index in [1.165, 1.54) is 12.1 Å². The Balaban J connectivity index is 1.92. The van der Waals surface area contributed by atoms with Crippen molar-refractivity contribution in [3.63, 3.8) is 0 Å². The van der Waals surface area contributed by atoms with E-state index in [2.05, 4.69) is 4.74 Å². The van der Waals surface area contributed by atoms with Gasteiger partial charge >= 0.3 is 6.36 Å². The van der Waals surface area contributed by atoms with Crippen LogP contribution in [0.1, 0.15) is 23.2 Å². The molecule has 24 heavy (non-hydrogen) atoms. The smallest absolute Gasteiger partial charge is 0.489 e. The lowest BCUT2D eigenvalue weighted by Crippen LogP contribution is -2.18. The molecule has 0 atom stereocenters. The highest BCUT2D eigenvalue weighted by atomic mass is 35.5. The fourth-order valence-electron chi connectivity index (χ4n) is 2.17. The molecule has 7 heteroatoms. The Morgan fingerprint density at radius 2 is 1.71 bits per heavy atom. The molecule has 0 spiro atoms. The van der Waals surface area contributed by atoms with Gasteiger partial charge in [0.05, 0.1) is 16.7 Å². The minimum absolute atomic E-state index is 0.184. The molecule has 0 aliphatic heterocycles. The number of rotatable bonds is 5. The summed E-state index contributed by atoms with van der Waals surface area (Å²) in [5.74, 6) is -0.0105. The first-order valence-electron chi connectivity index (χ1n) is 7.17. The highest BCUT2D eigenvalue weighted by Gasteiger charge is 2.32. The van der Waals surface area contributed by atoms with E-state index < -0.39 is 12.1 Å². The molecule has 1 fully saturated rings. The van der Waals surface area contributed by atoms with E-state index in [-0.39, 0.29) is 11.7 Å². The van der Waals surface area contributed by atoms with Crippen molar-refractivity contribution in [1.82, 2.24) is 0 Å². The summed E-state index contributed by atoms with van der Waals surface area (Å²) in [5, 5.41) is 0.372. The summed E-state index contributed by atoms with van der Waals surface area (Å²) in [6, 6.07) is 8.92. The Morgan fingerprint density at radius 3 is 2.29 bits per heavy atom. The lowest BCUT2D eigenvalue weighted by molar-refractivity contribution is -0.274. The monoisotopic (exact) mass is 356 g/mol. The maximum atomic E-state index is 12.5. The van der Waals surface area contributed by atoms with Gasteiger partial charge in [-0.05, 0) is 48.2 Å². The number of carbonyl (C=O) groups is 1. The molecule has 0 N–H and O–H groups in total. The summed E-state index contributed by atoms with van der Waals surface area (Å²) in [7, 11) is 0. The Labute approximate surface area is 140 Å². The van der Waals surface area contributed by atoms with Crippen LogP contribution in [0.5, 0.6) is 11.5 Å². The molecule has 0 heterocycles. The molecule has 0 bridgehead atoms. The molecule has 0 aromatic heterocycles. The quantitative estimate of drug-likeness (QED) is 0.685. The molecular weight excluding hydrogens is 345 g/mol. The van der Waals surface area contributed by atoms with E-state index in [9.17, 15) is 18.0 Å². The van der Waals surface area contributed by atoms with Crippen molar-refractivity contribution in [2.75, 3.05) is 0 Å². The zero-order chi connectivity index (χ0) is 17.3.